The molecule has 0 bridgehead atoms. The van der Waals surface area contributed by atoms with Crippen molar-refractivity contribution in [2.75, 3.05) is 20.0 Å². The van der Waals surface area contributed by atoms with Gasteiger partial charge in [-0.3, -0.25) is 9.98 Å². The van der Waals surface area contributed by atoms with Crippen LogP contribution in [0.15, 0.2) is 41.5 Å². The van der Waals surface area contributed by atoms with Gasteiger partial charge in [0.1, 0.15) is 6.04 Å². The van der Waals surface area contributed by atoms with Gasteiger partial charge in [0.05, 0.1) is 26.0 Å². The summed E-state index contributed by atoms with van der Waals surface area (Å²) in [6, 6.07) is 9.98. The fraction of sp³-hybridized carbons (Fsp3) is 0.400. The third-order valence-corrected chi connectivity index (χ3v) is 6.30. The van der Waals surface area contributed by atoms with Gasteiger partial charge < -0.3 is 19.5 Å². The Balaban J connectivity index is 1.84. The van der Waals surface area contributed by atoms with E-state index in [1.165, 1.54) is 0 Å². The van der Waals surface area contributed by atoms with Gasteiger partial charge in [-0.25, -0.2) is 0 Å². The van der Waals surface area contributed by atoms with E-state index in [1.807, 2.05) is 30.3 Å². The number of aromatic hydroxyl groups is 1. The summed E-state index contributed by atoms with van der Waals surface area (Å²) in [5.41, 5.74) is 1.93. The summed E-state index contributed by atoms with van der Waals surface area (Å²) in [5, 5.41) is 11.4. The van der Waals surface area contributed by atoms with Crippen LogP contribution in [0, 0.1) is 0 Å². The molecule has 1 aromatic heterocycles. The molecule has 0 unspecified atom stereocenters. The molecule has 1 N–H and O–H groups in total. The highest BCUT2D eigenvalue weighted by Crippen LogP contribution is 2.50. The summed E-state index contributed by atoms with van der Waals surface area (Å²) in [7, 11) is 3.09. The van der Waals surface area contributed by atoms with Crippen LogP contribution in [0.25, 0.3) is 0 Å². The third-order valence-electron chi connectivity index (χ3n) is 5.17. The average Bonchev–Trinajstić information content (AvgIpc) is 3.28. The van der Waals surface area contributed by atoms with Crippen molar-refractivity contribution in [3.05, 3.63) is 47.8 Å². The molecule has 6 nitrogen and oxygen atoms in total. The molecular formula is C20H23N3O3S. The van der Waals surface area contributed by atoms with Crippen LogP contribution in [0.4, 0.5) is 0 Å². The zero-order valence-corrected chi connectivity index (χ0v) is 16.4. The normalized spacial score (nSPS) is 23.9. The van der Waals surface area contributed by atoms with E-state index in [1.54, 1.807) is 32.2 Å². The monoisotopic (exact) mass is 385 g/mol. The highest BCUT2D eigenvalue weighted by molar-refractivity contribution is 8.14. The van der Waals surface area contributed by atoms with Crippen molar-refractivity contribution < 1.29 is 14.6 Å². The first kappa shape index (κ1) is 18.0. The lowest BCUT2D eigenvalue weighted by molar-refractivity contribution is 0.253. The van der Waals surface area contributed by atoms with Gasteiger partial charge in [0.15, 0.2) is 16.7 Å². The van der Waals surface area contributed by atoms with Crippen LogP contribution in [0.5, 0.6) is 17.2 Å². The Kier molecular flexibility index (Phi) is 4.86. The number of ether oxygens (including phenoxy) is 2. The van der Waals surface area contributed by atoms with E-state index < -0.39 is 0 Å². The summed E-state index contributed by atoms with van der Waals surface area (Å²) in [4.78, 5) is 12.0. The van der Waals surface area contributed by atoms with E-state index in [-0.39, 0.29) is 17.8 Å². The molecule has 2 aromatic rings. The van der Waals surface area contributed by atoms with Crippen LogP contribution in [0.2, 0.25) is 0 Å². The fourth-order valence-corrected chi connectivity index (χ4v) is 5.13. The Bertz CT molecular complexity index is 834. The number of amidine groups is 1. The second-order valence-electron chi connectivity index (χ2n) is 6.61. The van der Waals surface area contributed by atoms with Crippen molar-refractivity contribution in [3.63, 3.8) is 0 Å². The van der Waals surface area contributed by atoms with Crippen LogP contribution in [0.3, 0.4) is 0 Å². The molecule has 2 aliphatic heterocycles. The van der Waals surface area contributed by atoms with Crippen molar-refractivity contribution in [1.29, 1.82) is 0 Å². The first-order chi connectivity index (χ1) is 13.2. The molecule has 142 valence electrons. The van der Waals surface area contributed by atoms with Crippen molar-refractivity contribution >= 4 is 16.9 Å². The zero-order chi connectivity index (χ0) is 19.0. The molecule has 0 radical (unpaired) electrons. The maximum absolute atomic E-state index is 10.3. The number of rotatable bonds is 5. The minimum atomic E-state index is -0.109. The van der Waals surface area contributed by atoms with Crippen molar-refractivity contribution in [3.8, 4) is 17.2 Å². The smallest absolute Gasteiger partial charge is 0.200 e. The van der Waals surface area contributed by atoms with Gasteiger partial charge in [-0.15, -0.1) is 0 Å². The molecule has 0 spiro atoms. The molecule has 1 fully saturated rings. The summed E-state index contributed by atoms with van der Waals surface area (Å²) < 4.78 is 10.8. The molecule has 4 rings (SSSR count). The van der Waals surface area contributed by atoms with Crippen LogP contribution in [-0.4, -0.2) is 46.2 Å². The number of methoxy groups -OCH3 is 2. The van der Waals surface area contributed by atoms with E-state index in [4.69, 9.17) is 14.5 Å². The largest absolute Gasteiger partial charge is 0.502 e. The molecule has 0 amide bonds. The molecule has 0 aliphatic carbocycles. The molecule has 7 heteroatoms. The molecule has 2 aliphatic rings. The molecular weight excluding hydrogens is 362 g/mol. The summed E-state index contributed by atoms with van der Waals surface area (Å²) in [6.07, 6.45) is 2.85. The third kappa shape index (κ3) is 3.00. The van der Waals surface area contributed by atoms with Gasteiger partial charge in [-0.1, -0.05) is 24.8 Å². The number of phenols is 1. The van der Waals surface area contributed by atoms with Crippen LogP contribution in [-0.2, 0) is 0 Å². The Morgan fingerprint density at radius 2 is 1.96 bits per heavy atom. The van der Waals surface area contributed by atoms with Crippen LogP contribution in [0.1, 0.15) is 36.7 Å². The Morgan fingerprint density at radius 1 is 1.22 bits per heavy atom. The van der Waals surface area contributed by atoms with Gasteiger partial charge in [0, 0.05) is 18.0 Å². The Labute approximate surface area is 163 Å². The fourth-order valence-electron chi connectivity index (χ4n) is 3.79. The number of benzene rings is 1. The minimum absolute atomic E-state index is 0.0140. The maximum Gasteiger partial charge on any atom is 0.200 e. The lowest BCUT2D eigenvalue weighted by Crippen LogP contribution is -2.35. The quantitative estimate of drug-likeness (QED) is 0.845. The average molecular weight is 385 g/mol. The van der Waals surface area contributed by atoms with E-state index in [0.29, 0.717) is 17.5 Å². The van der Waals surface area contributed by atoms with Gasteiger partial charge in [0.2, 0.25) is 5.75 Å². The predicted molar refractivity (Wildman–Crippen MR) is 107 cm³/mol. The summed E-state index contributed by atoms with van der Waals surface area (Å²) in [5.74, 6) is 1.85. The van der Waals surface area contributed by atoms with E-state index >= 15 is 0 Å². The predicted octanol–water partition coefficient (Wildman–Crippen LogP) is 3.78. The Morgan fingerprint density at radius 3 is 2.56 bits per heavy atom. The van der Waals surface area contributed by atoms with Crippen molar-refractivity contribution in [2.45, 2.75) is 31.5 Å². The Hall–Kier alpha value is -2.41. The molecule has 3 heterocycles. The van der Waals surface area contributed by atoms with E-state index in [9.17, 15) is 5.11 Å². The standard InChI is InChI=1S/C20H23N3O3S/c1-4-13-11-27-20-22-17(14-7-5-6-8-21-14)18(23(13)20)12-9-15(25-2)19(24)16(10-12)26-3/h5-10,13,17-18,24H,4,11H2,1-3H3/t13-,17+,18-/m1/s1. The SMILES string of the molecule is CC[C@@H]1CSC2=N[C@@H](c3ccccn3)[C@@H](c3cc(OC)c(O)c(OC)c3)N21. The van der Waals surface area contributed by atoms with Crippen LogP contribution >= 0.6 is 11.8 Å². The molecule has 0 saturated carbocycles. The second kappa shape index (κ2) is 7.31. The minimum Gasteiger partial charge on any atom is -0.502 e. The van der Waals surface area contributed by atoms with Gasteiger partial charge in [-0.2, -0.15) is 0 Å². The van der Waals surface area contributed by atoms with Crippen LogP contribution < -0.4 is 9.47 Å². The first-order valence-corrected chi connectivity index (χ1v) is 10.0. The molecule has 27 heavy (non-hydrogen) atoms. The lowest BCUT2D eigenvalue weighted by atomic mass is 9.94. The first-order valence-electron chi connectivity index (χ1n) is 9.02. The number of fused-ring (bicyclic) bond motifs is 1. The summed E-state index contributed by atoms with van der Waals surface area (Å²) in [6.45, 7) is 2.21. The van der Waals surface area contributed by atoms with Gasteiger partial charge in [0.25, 0.3) is 0 Å². The van der Waals surface area contributed by atoms with E-state index in [0.717, 1.165) is 28.6 Å². The number of thioether (sulfide) groups is 1. The van der Waals surface area contributed by atoms with Gasteiger partial charge >= 0.3 is 0 Å². The highest BCUT2D eigenvalue weighted by atomic mass is 32.2. The number of aliphatic imine (C=N–C) groups is 1. The number of pyridine rings is 1. The molecule has 3 atom stereocenters. The lowest BCUT2D eigenvalue weighted by Gasteiger charge is -2.32. The highest BCUT2D eigenvalue weighted by Gasteiger charge is 2.45. The van der Waals surface area contributed by atoms with Crippen molar-refractivity contribution in [2.24, 2.45) is 4.99 Å². The summed E-state index contributed by atoms with van der Waals surface area (Å²) >= 11 is 1.80. The number of hydrogen-bond donors (Lipinski definition) is 1. The van der Waals surface area contributed by atoms with E-state index in [2.05, 4.69) is 16.8 Å². The number of nitrogens with zero attached hydrogens (tertiary/aromatic N) is 3. The molecule has 1 aromatic carbocycles. The zero-order valence-electron chi connectivity index (χ0n) is 15.6. The van der Waals surface area contributed by atoms with Crippen molar-refractivity contribution in [1.82, 2.24) is 9.88 Å². The maximum atomic E-state index is 10.3. The topological polar surface area (TPSA) is 67.2 Å². The second-order valence-corrected chi connectivity index (χ2v) is 7.60. The molecule has 1 saturated heterocycles. The number of phenolic OH excluding ortho intramolecular Hbond substituents is 1. The van der Waals surface area contributed by atoms with Gasteiger partial charge in [-0.05, 0) is 36.2 Å². The number of hydrogen-bond acceptors (Lipinski definition) is 7. The number of aromatic nitrogens is 1.